The van der Waals surface area contributed by atoms with Crippen molar-refractivity contribution < 1.29 is 0 Å². The van der Waals surface area contributed by atoms with Gasteiger partial charge in [0.15, 0.2) is 0 Å². The van der Waals surface area contributed by atoms with Gasteiger partial charge >= 0.3 is 0 Å². The average Bonchev–Trinajstić information content (AvgIpc) is 2.87. The monoisotopic (exact) mass is 460 g/mol. The van der Waals surface area contributed by atoms with E-state index in [1.807, 2.05) is 0 Å². The zero-order valence-corrected chi connectivity index (χ0v) is 21.6. The summed E-state index contributed by atoms with van der Waals surface area (Å²) in [4.78, 5) is 0. The highest BCUT2D eigenvalue weighted by Gasteiger charge is 2.26. The zero-order valence-electron chi connectivity index (χ0n) is 21.6. The molecule has 4 rings (SSSR count). The molecule has 34 heavy (non-hydrogen) atoms. The van der Waals surface area contributed by atoms with Gasteiger partial charge in [-0.1, -0.05) is 101 Å². The van der Waals surface area contributed by atoms with E-state index < -0.39 is 0 Å². The number of nitrogens with two attached hydrogens (primary N) is 2. The molecule has 0 unspecified atom stereocenters. The topological polar surface area (TPSA) is 52.0 Å². The molecule has 0 bridgehead atoms. The first kappa shape index (κ1) is 25.1. The first-order chi connectivity index (χ1) is 16.6. The Hall–Kier alpha value is -1.96. The predicted octanol–water partition coefficient (Wildman–Crippen LogP) is 8.88. The van der Waals surface area contributed by atoms with Crippen molar-refractivity contribution in [3.63, 3.8) is 0 Å². The number of benzene rings is 2. The van der Waals surface area contributed by atoms with Crippen LogP contribution in [-0.4, -0.2) is 0 Å². The lowest BCUT2D eigenvalue weighted by Crippen LogP contribution is -2.18. The van der Waals surface area contributed by atoms with Gasteiger partial charge in [0.25, 0.3) is 0 Å². The standard InChI is InChI=1S/C32H48N2/c1-2-3-5-8-24-11-13-25(14-12-24)15-16-26-17-19-28(20-18-26)29-22-31(33)30(32(34)23-29)21-27-9-6-4-7-10-27/h4,6-7,9-10,22-26,28H,2-3,5,8,11-21,33-34H2,1H3. The number of unbranched alkanes of at least 4 members (excludes halogenated alkanes) is 2. The summed E-state index contributed by atoms with van der Waals surface area (Å²) in [7, 11) is 0. The second-order valence-electron chi connectivity index (χ2n) is 11.5. The lowest BCUT2D eigenvalue weighted by Gasteiger charge is -2.32. The van der Waals surface area contributed by atoms with Gasteiger partial charge in [-0.2, -0.15) is 0 Å². The van der Waals surface area contributed by atoms with E-state index in [1.165, 1.54) is 101 Å². The molecule has 0 aromatic heterocycles. The molecule has 2 aromatic rings. The van der Waals surface area contributed by atoms with Crippen molar-refractivity contribution in [1.82, 2.24) is 0 Å². The molecule has 4 N–H and O–H groups in total. The third-order valence-corrected chi connectivity index (χ3v) is 9.05. The summed E-state index contributed by atoms with van der Waals surface area (Å²) in [6.45, 7) is 2.32. The summed E-state index contributed by atoms with van der Waals surface area (Å²) in [5.74, 6) is 3.62. The van der Waals surface area contributed by atoms with Crippen LogP contribution >= 0.6 is 0 Å². The molecule has 2 aliphatic carbocycles. The van der Waals surface area contributed by atoms with Crippen LogP contribution in [0.25, 0.3) is 0 Å². The quantitative estimate of drug-likeness (QED) is 0.275. The van der Waals surface area contributed by atoms with Gasteiger partial charge in [0.2, 0.25) is 0 Å². The van der Waals surface area contributed by atoms with Gasteiger partial charge in [-0.05, 0) is 72.6 Å². The number of rotatable bonds is 10. The normalized spacial score (nSPS) is 25.3. The second-order valence-corrected chi connectivity index (χ2v) is 11.5. The Labute approximate surface area is 208 Å². The van der Waals surface area contributed by atoms with Crippen molar-refractivity contribution in [2.45, 2.75) is 109 Å². The molecule has 2 heteroatoms. The smallest absolute Gasteiger partial charge is 0.0373 e. The van der Waals surface area contributed by atoms with Crippen molar-refractivity contribution >= 4 is 11.4 Å². The second kappa shape index (κ2) is 12.7. The summed E-state index contributed by atoms with van der Waals surface area (Å²) >= 11 is 0. The maximum atomic E-state index is 6.50. The Balaban J connectivity index is 1.20. The molecule has 0 amide bonds. The average molecular weight is 461 g/mol. The van der Waals surface area contributed by atoms with Gasteiger partial charge in [-0.15, -0.1) is 0 Å². The molecule has 0 heterocycles. The van der Waals surface area contributed by atoms with Crippen LogP contribution in [0, 0.1) is 17.8 Å². The molecule has 2 fully saturated rings. The fourth-order valence-electron chi connectivity index (χ4n) is 6.73. The molecule has 2 nitrogen and oxygen atoms in total. The van der Waals surface area contributed by atoms with E-state index in [0.29, 0.717) is 5.92 Å². The molecule has 0 radical (unpaired) electrons. The maximum absolute atomic E-state index is 6.50. The summed E-state index contributed by atoms with van der Waals surface area (Å²) < 4.78 is 0. The summed E-state index contributed by atoms with van der Waals surface area (Å²) in [6.07, 6.45) is 20.8. The van der Waals surface area contributed by atoms with Gasteiger partial charge in [-0.25, -0.2) is 0 Å². The van der Waals surface area contributed by atoms with Gasteiger partial charge in [0, 0.05) is 23.4 Å². The first-order valence-electron chi connectivity index (χ1n) is 14.3. The molecule has 0 spiro atoms. The zero-order chi connectivity index (χ0) is 23.8. The Kier molecular flexibility index (Phi) is 9.36. The molecular weight excluding hydrogens is 412 g/mol. The summed E-state index contributed by atoms with van der Waals surface area (Å²) in [5, 5.41) is 0. The molecule has 0 atom stereocenters. The number of hydrogen-bond acceptors (Lipinski definition) is 2. The van der Waals surface area contributed by atoms with E-state index in [0.717, 1.165) is 41.1 Å². The van der Waals surface area contributed by atoms with Crippen LogP contribution in [0.3, 0.4) is 0 Å². The highest BCUT2D eigenvalue weighted by Crippen LogP contribution is 2.41. The third-order valence-electron chi connectivity index (χ3n) is 9.05. The van der Waals surface area contributed by atoms with E-state index in [1.54, 1.807) is 0 Å². The molecular formula is C32H48N2. The van der Waals surface area contributed by atoms with E-state index in [9.17, 15) is 0 Å². The van der Waals surface area contributed by atoms with E-state index in [2.05, 4.69) is 49.4 Å². The minimum absolute atomic E-state index is 0.630. The summed E-state index contributed by atoms with van der Waals surface area (Å²) in [6, 6.07) is 14.9. The van der Waals surface area contributed by atoms with Gasteiger partial charge < -0.3 is 11.5 Å². The van der Waals surface area contributed by atoms with Gasteiger partial charge in [-0.3, -0.25) is 0 Å². The van der Waals surface area contributed by atoms with Crippen molar-refractivity contribution in [3.05, 3.63) is 59.2 Å². The molecule has 0 saturated heterocycles. The fourth-order valence-corrected chi connectivity index (χ4v) is 6.73. The predicted molar refractivity (Wildman–Crippen MR) is 148 cm³/mol. The third kappa shape index (κ3) is 7.03. The van der Waals surface area contributed by atoms with Crippen LogP contribution in [-0.2, 0) is 6.42 Å². The summed E-state index contributed by atoms with van der Waals surface area (Å²) in [5.41, 5.74) is 18.4. The highest BCUT2D eigenvalue weighted by atomic mass is 14.6. The number of nitrogen functional groups attached to an aromatic ring is 2. The molecule has 0 aliphatic heterocycles. The Morgan fingerprint density at radius 3 is 1.76 bits per heavy atom. The van der Waals surface area contributed by atoms with Crippen LogP contribution in [0.4, 0.5) is 11.4 Å². The minimum Gasteiger partial charge on any atom is -0.398 e. The van der Waals surface area contributed by atoms with Crippen molar-refractivity contribution in [1.29, 1.82) is 0 Å². The van der Waals surface area contributed by atoms with Crippen LogP contribution in [0.2, 0.25) is 0 Å². The minimum atomic E-state index is 0.630. The van der Waals surface area contributed by atoms with E-state index in [4.69, 9.17) is 11.5 Å². The van der Waals surface area contributed by atoms with E-state index in [-0.39, 0.29) is 0 Å². The SMILES string of the molecule is CCCCCC1CCC(CCC2CCC(c3cc(N)c(Cc4ccccc4)c(N)c3)CC2)CC1. The van der Waals surface area contributed by atoms with Crippen molar-refractivity contribution in [2.75, 3.05) is 11.5 Å². The van der Waals surface area contributed by atoms with Crippen LogP contribution in [0.5, 0.6) is 0 Å². The fraction of sp³-hybridized carbons (Fsp3) is 0.625. The van der Waals surface area contributed by atoms with Crippen molar-refractivity contribution in [2.24, 2.45) is 17.8 Å². The number of anilines is 2. The Bertz CT molecular complexity index is 835. The van der Waals surface area contributed by atoms with E-state index >= 15 is 0 Å². The largest absolute Gasteiger partial charge is 0.398 e. The molecule has 2 saturated carbocycles. The Morgan fingerprint density at radius 1 is 0.676 bits per heavy atom. The maximum Gasteiger partial charge on any atom is 0.0373 e. The van der Waals surface area contributed by atoms with Gasteiger partial charge in [0.05, 0.1) is 0 Å². The molecule has 2 aromatic carbocycles. The van der Waals surface area contributed by atoms with Crippen LogP contribution in [0.15, 0.2) is 42.5 Å². The lowest BCUT2D eigenvalue weighted by molar-refractivity contribution is 0.222. The Morgan fingerprint density at radius 2 is 1.21 bits per heavy atom. The van der Waals surface area contributed by atoms with Crippen LogP contribution in [0.1, 0.15) is 119 Å². The first-order valence-corrected chi connectivity index (χ1v) is 14.3. The van der Waals surface area contributed by atoms with Gasteiger partial charge in [0.1, 0.15) is 0 Å². The molecule has 2 aliphatic rings. The highest BCUT2D eigenvalue weighted by molar-refractivity contribution is 5.65. The number of hydrogen-bond donors (Lipinski definition) is 2. The van der Waals surface area contributed by atoms with Crippen molar-refractivity contribution in [3.8, 4) is 0 Å². The molecule has 186 valence electrons. The lowest BCUT2D eigenvalue weighted by atomic mass is 9.73. The van der Waals surface area contributed by atoms with Crippen LogP contribution < -0.4 is 11.5 Å².